The van der Waals surface area contributed by atoms with E-state index in [1.54, 1.807) is 11.3 Å². The summed E-state index contributed by atoms with van der Waals surface area (Å²) >= 11 is 1.55. The van der Waals surface area contributed by atoms with Crippen molar-refractivity contribution in [2.45, 2.75) is 67.2 Å². The minimum Gasteiger partial charge on any atom is -0.465 e. The van der Waals surface area contributed by atoms with E-state index in [1.807, 2.05) is 20.8 Å². The van der Waals surface area contributed by atoms with Crippen molar-refractivity contribution in [1.29, 1.82) is 0 Å². The van der Waals surface area contributed by atoms with Gasteiger partial charge in [-0.25, -0.2) is 4.79 Å². The van der Waals surface area contributed by atoms with Gasteiger partial charge in [0.1, 0.15) is 5.00 Å². The van der Waals surface area contributed by atoms with Crippen LogP contribution in [0, 0.1) is 16.7 Å². The molecule has 0 saturated carbocycles. The van der Waals surface area contributed by atoms with Crippen LogP contribution in [0.5, 0.6) is 0 Å². The van der Waals surface area contributed by atoms with Crippen molar-refractivity contribution >= 4 is 28.2 Å². The van der Waals surface area contributed by atoms with Gasteiger partial charge in [-0.15, -0.1) is 11.3 Å². The highest BCUT2D eigenvalue weighted by molar-refractivity contribution is 7.17. The van der Waals surface area contributed by atoms with Crippen LogP contribution >= 0.6 is 11.3 Å². The molecule has 4 nitrogen and oxygen atoms in total. The molecular weight excluding hydrogens is 334 g/mol. The van der Waals surface area contributed by atoms with E-state index in [4.69, 9.17) is 4.74 Å². The van der Waals surface area contributed by atoms with Gasteiger partial charge in [0.25, 0.3) is 0 Å². The SMILES string of the molecule is CCC(C)(C)C1CCc2c(sc(NC(=O)C(C)(C)C)c2C(=O)OC)C1. The number of esters is 1. The maximum absolute atomic E-state index is 12.4. The second-order valence-electron chi connectivity index (χ2n) is 8.69. The predicted octanol–water partition coefficient (Wildman–Crippen LogP) is 5.06. The first-order valence-electron chi connectivity index (χ1n) is 9.05. The number of ether oxygens (including phenoxy) is 1. The Kier molecular flexibility index (Phi) is 5.67. The Hall–Kier alpha value is -1.36. The molecule has 0 fully saturated rings. The number of carbonyl (C=O) groups excluding carboxylic acids is 2. The van der Waals surface area contributed by atoms with Gasteiger partial charge in [-0.05, 0) is 36.2 Å². The molecule has 0 aliphatic heterocycles. The highest BCUT2D eigenvalue weighted by atomic mass is 32.1. The minimum absolute atomic E-state index is 0.0818. The first-order valence-corrected chi connectivity index (χ1v) is 9.87. The zero-order chi connectivity index (χ0) is 19.0. The van der Waals surface area contributed by atoms with Gasteiger partial charge in [-0.2, -0.15) is 0 Å². The summed E-state index contributed by atoms with van der Waals surface area (Å²) in [6.07, 6.45) is 4.04. The monoisotopic (exact) mass is 365 g/mol. The molecule has 0 spiro atoms. The molecule has 25 heavy (non-hydrogen) atoms. The van der Waals surface area contributed by atoms with Crippen LogP contribution < -0.4 is 5.32 Å². The fraction of sp³-hybridized carbons (Fsp3) is 0.700. The van der Waals surface area contributed by atoms with Crippen molar-refractivity contribution < 1.29 is 14.3 Å². The second-order valence-corrected chi connectivity index (χ2v) is 9.79. The standard InChI is InChI=1S/C20H31NO3S/c1-8-20(5,6)12-9-10-13-14(11-12)25-16(15(13)17(22)24-7)21-18(23)19(2,3)4/h12H,8-11H2,1-7H3,(H,21,23). The van der Waals surface area contributed by atoms with Gasteiger partial charge in [0.2, 0.25) is 5.91 Å². The molecule has 1 amide bonds. The number of nitrogens with one attached hydrogen (secondary N) is 1. The van der Waals surface area contributed by atoms with Crippen LogP contribution in [0.2, 0.25) is 0 Å². The van der Waals surface area contributed by atoms with E-state index in [9.17, 15) is 9.59 Å². The molecule has 0 saturated heterocycles. The van der Waals surface area contributed by atoms with Gasteiger partial charge in [-0.1, -0.05) is 48.0 Å². The van der Waals surface area contributed by atoms with E-state index in [2.05, 4.69) is 26.1 Å². The molecule has 1 N–H and O–H groups in total. The second kappa shape index (κ2) is 7.10. The molecule has 2 rings (SSSR count). The maximum atomic E-state index is 12.4. The summed E-state index contributed by atoms with van der Waals surface area (Å²) in [5.41, 5.74) is 1.41. The van der Waals surface area contributed by atoms with E-state index < -0.39 is 5.41 Å². The number of thiophene rings is 1. The highest BCUT2D eigenvalue weighted by Crippen LogP contribution is 2.45. The number of rotatable bonds is 4. The smallest absolute Gasteiger partial charge is 0.341 e. The molecule has 1 aliphatic rings. The Morgan fingerprint density at radius 3 is 2.40 bits per heavy atom. The molecule has 1 unspecified atom stereocenters. The van der Waals surface area contributed by atoms with Gasteiger partial charge in [0.15, 0.2) is 0 Å². The third-order valence-corrected chi connectivity index (χ3v) is 6.75. The summed E-state index contributed by atoms with van der Waals surface area (Å²) in [7, 11) is 1.40. The van der Waals surface area contributed by atoms with Gasteiger partial charge in [0.05, 0.1) is 12.7 Å². The zero-order valence-electron chi connectivity index (χ0n) is 16.5. The lowest BCUT2D eigenvalue weighted by Gasteiger charge is -2.36. The van der Waals surface area contributed by atoms with E-state index >= 15 is 0 Å². The number of amides is 1. The van der Waals surface area contributed by atoms with Crippen molar-refractivity contribution in [1.82, 2.24) is 0 Å². The molecule has 0 bridgehead atoms. The largest absolute Gasteiger partial charge is 0.465 e. The summed E-state index contributed by atoms with van der Waals surface area (Å²) < 4.78 is 5.00. The van der Waals surface area contributed by atoms with Crippen LogP contribution in [-0.4, -0.2) is 19.0 Å². The van der Waals surface area contributed by atoms with Gasteiger partial charge in [-0.3, -0.25) is 4.79 Å². The van der Waals surface area contributed by atoms with Crippen LogP contribution in [-0.2, 0) is 22.4 Å². The molecule has 140 valence electrons. The highest BCUT2D eigenvalue weighted by Gasteiger charge is 2.36. The van der Waals surface area contributed by atoms with Crippen molar-refractivity contribution in [2.24, 2.45) is 16.7 Å². The molecule has 0 aromatic carbocycles. The van der Waals surface area contributed by atoms with Crippen LogP contribution in [0.25, 0.3) is 0 Å². The van der Waals surface area contributed by atoms with Crippen molar-refractivity contribution in [3.63, 3.8) is 0 Å². The van der Waals surface area contributed by atoms with Crippen LogP contribution in [0.3, 0.4) is 0 Å². The lowest BCUT2D eigenvalue weighted by Crippen LogP contribution is -2.29. The third-order valence-electron chi connectivity index (χ3n) is 5.58. The topological polar surface area (TPSA) is 55.4 Å². The van der Waals surface area contributed by atoms with Crippen LogP contribution in [0.4, 0.5) is 5.00 Å². The van der Waals surface area contributed by atoms with E-state index in [0.717, 1.165) is 31.2 Å². The Labute approximate surface area is 155 Å². The molecule has 1 heterocycles. The number of hydrogen-bond acceptors (Lipinski definition) is 4. The van der Waals surface area contributed by atoms with Gasteiger partial charge >= 0.3 is 5.97 Å². The molecule has 1 atom stereocenters. The predicted molar refractivity (Wildman–Crippen MR) is 103 cm³/mol. The Morgan fingerprint density at radius 2 is 1.88 bits per heavy atom. The third kappa shape index (κ3) is 4.08. The van der Waals surface area contributed by atoms with Crippen molar-refractivity contribution in [3.05, 3.63) is 16.0 Å². The summed E-state index contributed by atoms with van der Waals surface area (Å²) in [6, 6.07) is 0. The Bertz CT molecular complexity index is 667. The fourth-order valence-electron chi connectivity index (χ4n) is 3.24. The van der Waals surface area contributed by atoms with Crippen LogP contribution in [0.15, 0.2) is 0 Å². The lowest BCUT2D eigenvalue weighted by molar-refractivity contribution is -0.123. The zero-order valence-corrected chi connectivity index (χ0v) is 17.4. The molecule has 0 radical (unpaired) electrons. The van der Waals surface area contributed by atoms with E-state index in [0.29, 0.717) is 16.5 Å². The average molecular weight is 366 g/mol. The number of carbonyl (C=O) groups is 2. The van der Waals surface area contributed by atoms with Crippen LogP contribution in [0.1, 0.15) is 75.2 Å². The Balaban J connectivity index is 2.40. The number of fused-ring (bicyclic) bond motifs is 1. The molecular formula is C20H31NO3S. The van der Waals surface area contributed by atoms with E-state index in [-0.39, 0.29) is 17.3 Å². The number of hydrogen-bond donors (Lipinski definition) is 1. The minimum atomic E-state index is -0.509. The summed E-state index contributed by atoms with van der Waals surface area (Å²) in [5.74, 6) is 0.164. The molecule has 1 aromatic rings. The van der Waals surface area contributed by atoms with Crippen molar-refractivity contribution in [2.75, 3.05) is 12.4 Å². The maximum Gasteiger partial charge on any atom is 0.341 e. The number of methoxy groups -OCH3 is 1. The normalized spacial score (nSPS) is 17.8. The average Bonchev–Trinajstić information content (AvgIpc) is 2.90. The lowest BCUT2D eigenvalue weighted by atomic mass is 9.69. The van der Waals surface area contributed by atoms with Gasteiger partial charge < -0.3 is 10.1 Å². The van der Waals surface area contributed by atoms with E-state index in [1.165, 1.54) is 12.0 Å². The fourth-order valence-corrected chi connectivity index (χ4v) is 4.55. The first-order chi connectivity index (χ1) is 11.5. The molecule has 5 heteroatoms. The summed E-state index contributed by atoms with van der Waals surface area (Å²) in [4.78, 5) is 26.0. The van der Waals surface area contributed by atoms with Gasteiger partial charge in [0, 0.05) is 10.3 Å². The molecule has 1 aromatic heterocycles. The number of anilines is 1. The summed E-state index contributed by atoms with van der Waals surface area (Å²) in [6.45, 7) is 12.5. The molecule has 1 aliphatic carbocycles. The Morgan fingerprint density at radius 1 is 1.24 bits per heavy atom. The first kappa shape index (κ1) is 20.0. The van der Waals surface area contributed by atoms with Crippen molar-refractivity contribution in [3.8, 4) is 0 Å². The quantitative estimate of drug-likeness (QED) is 0.759. The summed E-state index contributed by atoms with van der Waals surface area (Å²) in [5, 5.41) is 3.61.